The minimum atomic E-state index is -0.831. The summed E-state index contributed by atoms with van der Waals surface area (Å²) < 4.78 is 0. The number of carboxylic acids is 1. The number of rotatable bonds is 6. The van der Waals surface area contributed by atoms with Crippen LogP contribution in [0.5, 0.6) is 0 Å². The molecule has 6 heteroatoms. The fraction of sp³-hybridized carbons (Fsp3) is 0.417. The Kier molecular flexibility index (Phi) is 5.10. The van der Waals surface area contributed by atoms with E-state index in [1.807, 2.05) is 6.92 Å². The summed E-state index contributed by atoms with van der Waals surface area (Å²) in [7, 11) is 0. The number of carboxylic acid groups (broad SMARTS) is 1. The molecule has 0 saturated heterocycles. The zero-order valence-corrected chi connectivity index (χ0v) is 10.2. The second kappa shape index (κ2) is 6.58. The molecule has 1 aromatic rings. The third kappa shape index (κ3) is 4.40. The van der Waals surface area contributed by atoms with Gasteiger partial charge in [0, 0.05) is 18.7 Å². The summed E-state index contributed by atoms with van der Waals surface area (Å²) in [5, 5.41) is 11.2. The molecule has 0 aliphatic rings. The molecule has 0 bridgehead atoms. The van der Waals surface area contributed by atoms with Gasteiger partial charge in [-0.3, -0.25) is 9.59 Å². The van der Waals surface area contributed by atoms with Crippen LogP contribution < -0.4 is 11.1 Å². The van der Waals surface area contributed by atoms with Gasteiger partial charge in [-0.25, -0.2) is 4.98 Å². The van der Waals surface area contributed by atoms with Crippen LogP contribution in [0.4, 0.5) is 5.69 Å². The third-order valence-electron chi connectivity index (χ3n) is 2.46. The van der Waals surface area contributed by atoms with Gasteiger partial charge in [-0.2, -0.15) is 0 Å². The van der Waals surface area contributed by atoms with E-state index in [9.17, 15) is 9.59 Å². The second-order valence-electron chi connectivity index (χ2n) is 4.10. The molecular weight excluding hydrogens is 234 g/mol. The van der Waals surface area contributed by atoms with Crippen LogP contribution >= 0.6 is 0 Å². The van der Waals surface area contributed by atoms with Gasteiger partial charge in [0.05, 0.1) is 5.69 Å². The van der Waals surface area contributed by atoms with Crippen LogP contribution in [0.25, 0.3) is 0 Å². The van der Waals surface area contributed by atoms with Gasteiger partial charge in [-0.15, -0.1) is 0 Å². The van der Waals surface area contributed by atoms with Crippen LogP contribution in [0.1, 0.15) is 36.7 Å². The molecule has 1 atom stereocenters. The monoisotopic (exact) mass is 251 g/mol. The van der Waals surface area contributed by atoms with Gasteiger partial charge in [-0.05, 0) is 31.9 Å². The van der Waals surface area contributed by atoms with Crippen molar-refractivity contribution in [3.63, 3.8) is 0 Å². The molecule has 1 rings (SSSR count). The number of carbonyl (C=O) groups is 2. The Bertz CT molecular complexity index is 434. The van der Waals surface area contributed by atoms with E-state index in [1.165, 1.54) is 6.20 Å². The molecule has 0 aliphatic carbocycles. The molecule has 0 aromatic carbocycles. The van der Waals surface area contributed by atoms with E-state index >= 15 is 0 Å². The van der Waals surface area contributed by atoms with Crippen LogP contribution in [0.15, 0.2) is 18.3 Å². The Morgan fingerprint density at radius 2 is 2.28 bits per heavy atom. The summed E-state index contributed by atoms with van der Waals surface area (Å²) in [5.74, 6) is -1.17. The molecule has 1 unspecified atom stereocenters. The number of anilines is 1. The molecule has 6 nitrogen and oxygen atoms in total. The van der Waals surface area contributed by atoms with Gasteiger partial charge in [0.1, 0.15) is 0 Å². The molecule has 1 heterocycles. The Hall–Kier alpha value is -2.11. The van der Waals surface area contributed by atoms with Crippen LogP contribution in [0.2, 0.25) is 0 Å². The first-order valence-corrected chi connectivity index (χ1v) is 5.74. The fourth-order valence-corrected chi connectivity index (χ4v) is 1.53. The maximum atomic E-state index is 11.8. The third-order valence-corrected chi connectivity index (χ3v) is 2.46. The first kappa shape index (κ1) is 14.0. The number of amides is 1. The molecule has 0 saturated carbocycles. The first-order valence-electron chi connectivity index (χ1n) is 5.74. The van der Waals surface area contributed by atoms with Gasteiger partial charge < -0.3 is 16.2 Å². The average molecular weight is 251 g/mol. The summed E-state index contributed by atoms with van der Waals surface area (Å²) in [6, 6.07) is 3.15. The summed E-state index contributed by atoms with van der Waals surface area (Å²) >= 11 is 0. The normalized spacial score (nSPS) is 11.8. The van der Waals surface area contributed by atoms with E-state index in [2.05, 4.69) is 10.3 Å². The van der Waals surface area contributed by atoms with Crippen LogP contribution in [-0.4, -0.2) is 28.0 Å². The van der Waals surface area contributed by atoms with Gasteiger partial charge in [0.15, 0.2) is 5.69 Å². The molecular formula is C12H17N3O3. The van der Waals surface area contributed by atoms with Gasteiger partial charge in [0.2, 0.25) is 0 Å². The number of carbonyl (C=O) groups excluding carboxylic acids is 1. The van der Waals surface area contributed by atoms with Crippen molar-refractivity contribution < 1.29 is 14.7 Å². The quantitative estimate of drug-likeness (QED) is 0.700. The summed E-state index contributed by atoms with van der Waals surface area (Å²) in [6.45, 7) is 1.82. The molecule has 1 amide bonds. The van der Waals surface area contributed by atoms with Crippen molar-refractivity contribution in [2.75, 3.05) is 5.73 Å². The van der Waals surface area contributed by atoms with Crippen molar-refractivity contribution in [1.29, 1.82) is 0 Å². The Balaban J connectivity index is 2.45. The highest BCUT2D eigenvalue weighted by Gasteiger charge is 2.13. The highest BCUT2D eigenvalue weighted by atomic mass is 16.4. The standard InChI is InChI=1S/C12H17N3O3/c1-8(4-2-6-10(16)17)15-12(18)11-9(13)5-3-7-14-11/h3,5,7-8H,2,4,6,13H2,1H3,(H,15,18)(H,16,17). The molecule has 0 radical (unpaired) electrons. The number of pyridine rings is 1. The number of nitrogens with zero attached hydrogens (tertiary/aromatic N) is 1. The molecule has 4 N–H and O–H groups in total. The van der Waals surface area contributed by atoms with Crippen molar-refractivity contribution in [1.82, 2.24) is 10.3 Å². The van der Waals surface area contributed by atoms with Crippen LogP contribution in [0, 0.1) is 0 Å². The molecule has 0 fully saturated rings. The Labute approximate surface area is 105 Å². The maximum Gasteiger partial charge on any atom is 0.303 e. The van der Waals surface area contributed by atoms with Crippen LogP contribution in [-0.2, 0) is 4.79 Å². The lowest BCUT2D eigenvalue weighted by Gasteiger charge is -2.13. The number of nitrogens with one attached hydrogen (secondary N) is 1. The lowest BCUT2D eigenvalue weighted by Crippen LogP contribution is -2.33. The second-order valence-corrected chi connectivity index (χ2v) is 4.10. The highest BCUT2D eigenvalue weighted by Crippen LogP contribution is 2.08. The number of aliphatic carboxylic acids is 1. The predicted molar refractivity (Wildman–Crippen MR) is 67.1 cm³/mol. The van der Waals surface area contributed by atoms with Crippen LogP contribution in [0.3, 0.4) is 0 Å². The summed E-state index contributed by atoms with van der Waals surface area (Å²) in [5.41, 5.74) is 6.16. The SMILES string of the molecule is CC(CCCC(=O)O)NC(=O)c1ncccc1N. The van der Waals surface area contributed by atoms with Crippen molar-refractivity contribution in [3.8, 4) is 0 Å². The van der Waals surface area contributed by atoms with Crippen molar-refractivity contribution in [2.24, 2.45) is 0 Å². The lowest BCUT2D eigenvalue weighted by atomic mass is 10.1. The number of nitrogens with two attached hydrogens (primary N) is 1. The number of hydrogen-bond donors (Lipinski definition) is 3. The topological polar surface area (TPSA) is 105 Å². The van der Waals surface area contributed by atoms with Gasteiger partial charge >= 0.3 is 5.97 Å². The molecule has 18 heavy (non-hydrogen) atoms. The van der Waals surface area contributed by atoms with E-state index in [1.54, 1.807) is 12.1 Å². The summed E-state index contributed by atoms with van der Waals surface area (Å²) in [6.07, 6.45) is 2.73. The Morgan fingerprint density at radius 1 is 1.56 bits per heavy atom. The number of nitrogen functional groups attached to an aromatic ring is 1. The van der Waals surface area contributed by atoms with Gasteiger partial charge in [-0.1, -0.05) is 0 Å². The van der Waals surface area contributed by atoms with E-state index < -0.39 is 5.97 Å². The van der Waals surface area contributed by atoms with E-state index in [-0.39, 0.29) is 24.1 Å². The number of aromatic nitrogens is 1. The largest absolute Gasteiger partial charge is 0.481 e. The maximum absolute atomic E-state index is 11.8. The zero-order valence-electron chi connectivity index (χ0n) is 10.2. The molecule has 0 aliphatic heterocycles. The lowest BCUT2D eigenvalue weighted by molar-refractivity contribution is -0.137. The average Bonchev–Trinajstić information content (AvgIpc) is 2.28. The minimum Gasteiger partial charge on any atom is -0.481 e. The van der Waals surface area contributed by atoms with E-state index in [4.69, 9.17) is 10.8 Å². The molecule has 1 aromatic heterocycles. The summed E-state index contributed by atoms with van der Waals surface area (Å²) in [4.78, 5) is 26.1. The fourth-order valence-electron chi connectivity index (χ4n) is 1.53. The zero-order chi connectivity index (χ0) is 13.5. The minimum absolute atomic E-state index is 0.103. The number of hydrogen-bond acceptors (Lipinski definition) is 4. The first-order chi connectivity index (χ1) is 8.50. The predicted octanol–water partition coefficient (Wildman–Crippen LogP) is 1.04. The highest BCUT2D eigenvalue weighted by molar-refractivity contribution is 5.97. The van der Waals surface area contributed by atoms with Crippen molar-refractivity contribution in [2.45, 2.75) is 32.2 Å². The molecule has 0 spiro atoms. The van der Waals surface area contributed by atoms with E-state index in [0.29, 0.717) is 18.5 Å². The molecule has 98 valence electrons. The van der Waals surface area contributed by atoms with Crippen molar-refractivity contribution in [3.05, 3.63) is 24.0 Å². The van der Waals surface area contributed by atoms with E-state index in [0.717, 1.165) is 0 Å². The van der Waals surface area contributed by atoms with Crippen molar-refractivity contribution >= 4 is 17.6 Å². The van der Waals surface area contributed by atoms with Gasteiger partial charge in [0.25, 0.3) is 5.91 Å². The smallest absolute Gasteiger partial charge is 0.303 e. The Morgan fingerprint density at radius 3 is 2.89 bits per heavy atom.